The topological polar surface area (TPSA) is 54.3 Å². The van der Waals surface area contributed by atoms with Crippen LogP contribution in [0.15, 0.2) is 24.3 Å². The number of aromatic carboxylic acids is 1. The fourth-order valence-corrected chi connectivity index (χ4v) is 4.14. The van der Waals surface area contributed by atoms with Gasteiger partial charge in [0.05, 0.1) is 0 Å². The molecule has 0 amide bonds. The van der Waals surface area contributed by atoms with Gasteiger partial charge in [-0.15, -0.1) is 0 Å². The Hall–Kier alpha value is -2.07. The van der Waals surface area contributed by atoms with Gasteiger partial charge in [0.15, 0.2) is 0 Å². The molecule has 4 nitrogen and oxygen atoms in total. The van der Waals surface area contributed by atoms with E-state index in [4.69, 9.17) is 0 Å². The van der Waals surface area contributed by atoms with E-state index in [1.807, 2.05) is 0 Å². The molecule has 0 saturated heterocycles. The van der Waals surface area contributed by atoms with Crippen LogP contribution < -0.4 is 5.32 Å². The van der Waals surface area contributed by atoms with Crippen molar-refractivity contribution in [2.45, 2.75) is 64.6 Å². The molecular formula is C21H26N2O2. The van der Waals surface area contributed by atoms with Crippen molar-refractivity contribution in [1.82, 2.24) is 9.88 Å². The Kier molecular flexibility index (Phi) is 4.38. The number of nitrogens with zero attached hydrogens (tertiary/aromatic N) is 1. The number of fused-ring (bicyclic) bond motifs is 1. The zero-order valence-corrected chi connectivity index (χ0v) is 14.8. The first-order valence-corrected chi connectivity index (χ1v) is 9.39. The first-order chi connectivity index (χ1) is 12.1. The fourth-order valence-electron chi connectivity index (χ4n) is 4.14. The molecule has 0 atom stereocenters. The van der Waals surface area contributed by atoms with Gasteiger partial charge in [0.25, 0.3) is 0 Å². The third-order valence-electron chi connectivity index (χ3n) is 5.77. The van der Waals surface area contributed by atoms with Gasteiger partial charge in [-0.3, -0.25) is 0 Å². The molecular weight excluding hydrogens is 312 g/mol. The summed E-state index contributed by atoms with van der Waals surface area (Å²) in [5.74, 6) is -0.799. The van der Waals surface area contributed by atoms with E-state index in [2.05, 4.69) is 41.1 Å². The predicted molar refractivity (Wildman–Crippen MR) is 98.2 cm³/mol. The van der Waals surface area contributed by atoms with Gasteiger partial charge in [0, 0.05) is 30.4 Å². The maximum atomic E-state index is 12.1. The van der Waals surface area contributed by atoms with Crippen molar-refractivity contribution in [3.05, 3.63) is 57.9 Å². The van der Waals surface area contributed by atoms with Crippen molar-refractivity contribution in [2.24, 2.45) is 0 Å². The quantitative estimate of drug-likeness (QED) is 0.845. The third kappa shape index (κ3) is 3.11. The molecule has 2 N–H and O–H groups in total. The minimum absolute atomic E-state index is 0.497. The Morgan fingerprint density at radius 1 is 1.20 bits per heavy atom. The standard InChI is InChI=1S/C21H26N2O2/c1-14-8-10-15(11-9-14)13-23-19-7-3-6-17(19)18(20(23)21(24)25)12-22-16-4-2-5-16/h8-11,16,22H,2-7,12-13H2,1H3,(H,24,25). The van der Waals surface area contributed by atoms with Crippen LogP contribution in [0, 0.1) is 6.92 Å². The summed E-state index contributed by atoms with van der Waals surface area (Å²) in [4.78, 5) is 12.1. The van der Waals surface area contributed by atoms with Crippen molar-refractivity contribution in [2.75, 3.05) is 0 Å². The number of hydrogen-bond donors (Lipinski definition) is 2. The molecule has 1 aromatic carbocycles. The number of aryl methyl sites for hydroxylation is 1. The summed E-state index contributed by atoms with van der Waals surface area (Å²) in [6, 6.07) is 8.97. The molecule has 1 aromatic heterocycles. The highest BCUT2D eigenvalue weighted by Crippen LogP contribution is 2.32. The molecule has 0 bridgehead atoms. The monoisotopic (exact) mass is 338 g/mol. The van der Waals surface area contributed by atoms with Crippen LogP contribution in [0.3, 0.4) is 0 Å². The van der Waals surface area contributed by atoms with Crippen LogP contribution in [0.1, 0.15) is 64.1 Å². The van der Waals surface area contributed by atoms with Crippen LogP contribution in [0.4, 0.5) is 0 Å². The van der Waals surface area contributed by atoms with E-state index in [1.54, 1.807) is 0 Å². The Labute approximate surface area is 148 Å². The van der Waals surface area contributed by atoms with Crippen LogP contribution in [-0.4, -0.2) is 21.7 Å². The number of carboxylic acids is 1. The van der Waals surface area contributed by atoms with Crippen LogP contribution in [-0.2, 0) is 25.9 Å². The lowest BCUT2D eigenvalue weighted by molar-refractivity contribution is 0.0683. The Morgan fingerprint density at radius 2 is 1.96 bits per heavy atom. The van der Waals surface area contributed by atoms with Crippen LogP contribution in [0.25, 0.3) is 0 Å². The minimum Gasteiger partial charge on any atom is -0.477 e. The number of aromatic nitrogens is 1. The van der Waals surface area contributed by atoms with Crippen molar-refractivity contribution in [3.63, 3.8) is 0 Å². The van der Waals surface area contributed by atoms with Gasteiger partial charge in [-0.05, 0) is 50.2 Å². The highest BCUT2D eigenvalue weighted by molar-refractivity contribution is 5.89. The summed E-state index contributed by atoms with van der Waals surface area (Å²) in [6.07, 6.45) is 6.86. The first-order valence-electron chi connectivity index (χ1n) is 9.39. The fraction of sp³-hybridized carbons (Fsp3) is 0.476. The van der Waals surface area contributed by atoms with E-state index in [1.165, 1.54) is 36.1 Å². The van der Waals surface area contributed by atoms with Gasteiger partial charge < -0.3 is 15.0 Å². The van der Waals surface area contributed by atoms with Gasteiger partial charge in [-0.2, -0.15) is 0 Å². The Balaban J connectivity index is 1.69. The van der Waals surface area contributed by atoms with Crippen molar-refractivity contribution in [3.8, 4) is 0 Å². The second-order valence-corrected chi connectivity index (χ2v) is 7.49. The molecule has 2 aliphatic rings. The molecule has 2 aliphatic carbocycles. The Morgan fingerprint density at radius 3 is 2.60 bits per heavy atom. The molecule has 1 fully saturated rings. The average Bonchev–Trinajstić information content (AvgIpc) is 3.10. The summed E-state index contributed by atoms with van der Waals surface area (Å²) in [7, 11) is 0. The number of rotatable bonds is 6. The van der Waals surface area contributed by atoms with Crippen molar-refractivity contribution < 1.29 is 9.90 Å². The average molecular weight is 338 g/mol. The molecule has 0 spiro atoms. The van der Waals surface area contributed by atoms with Gasteiger partial charge in [0.1, 0.15) is 5.69 Å². The molecule has 1 heterocycles. The van der Waals surface area contributed by atoms with Gasteiger partial charge >= 0.3 is 5.97 Å². The number of carboxylic acid groups (broad SMARTS) is 1. The first kappa shape index (κ1) is 16.4. The normalized spacial score (nSPS) is 16.7. The number of carbonyl (C=O) groups is 1. The summed E-state index contributed by atoms with van der Waals surface area (Å²) in [5.41, 5.74) is 6.44. The number of nitrogens with one attached hydrogen (secondary N) is 1. The molecule has 4 heteroatoms. The Bertz CT molecular complexity index is 785. The smallest absolute Gasteiger partial charge is 0.352 e. The maximum absolute atomic E-state index is 12.1. The summed E-state index contributed by atoms with van der Waals surface area (Å²) < 4.78 is 2.06. The van der Waals surface area contributed by atoms with Crippen LogP contribution >= 0.6 is 0 Å². The summed E-state index contributed by atoms with van der Waals surface area (Å²) >= 11 is 0. The van der Waals surface area contributed by atoms with Crippen molar-refractivity contribution >= 4 is 5.97 Å². The second kappa shape index (κ2) is 6.68. The molecule has 0 radical (unpaired) electrons. The van der Waals surface area contributed by atoms with E-state index in [9.17, 15) is 9.90 Å². The lowest BCUT2D eigenvalue weighted by Crippen LogP contribution is -2.35. The lowest BCUT2D eigenvalue weighted by atomic mass is 9.93. The zero-order valence-electron chi connectivity index (χ0n) is 14.8. The number of hydrogen-bond acceptors (Lipinski definition) is 2. The lowest BCUT2D eigenvalue weighted by Gasteiger charge is -2.26. The van der Waals surface area contributed by atoms with E-state index in [-0.39, 0.29) is 0 Å². The van der Waals surface area contributed by atoms with Gasteiger partial charge in [0.2, 0.25) is 0 Å². The highest BCUT2D eigenvalue weighted by Gasteiger charge is 2.30. The van der Waals surface area contributed by atoms with Crippen molar-refractivity contribution in [1.29, 1.82) is 0 Å². The molecule has 25 heavy (non-hydrogen) atoms. The van der Waals surface area contributed by atoms with E-state index < -0.39 is 5.97 Å². The maximum Gasteiger partial charge on any atom is 0.352 e. The third-order valence-corrected chi connectivity index (χ3v) is 5.77. The second-order valence-electron chi connectivity index (χ2n) is 7.49. The van der Waals surface area contributed by atoms with Gasteiger partial charge in [-0.1, -0.05) is 36.2 Å². The number of benzene rings is 1. The van der Waals surface area contributed by atoms with Crippen LogP contribution in [0.2, 0.25) is 0 Å². The minimum atomic E-state index is -0.799. The van der Waals surface area contributed by atoms with E-state index >= 15 is 0 Å². The molecule has 0 aliphatic heterocycles. The predicted octanol–water partition coefficient (Wildman–Crippen LogP) is 3.67. The molecule has 0 unspecified atom stereocenters. The highest BCUT2D eigenvalue weighted by atomic mass is 16.4. The van der Waals surface area contributed by atoms with Crippen LogP contribution in [0.5, 0.6) is 0 Å². The SMILES string of the molecule is Cc1ccc(Cn2c3c(c(CNC4CCC4)c2C(=O)O)CCC3)cc1. The largest absolute Gasteiger partial charge is 0.477 e. The molecule has 1 saturated carbocycles. The van der Waals surface area contributed by atoms with E-state index in [0.717, 1.165) is 30.4 Å². The van der Waals surface area contributed by atoms with Gasteiger partial charge in [-0.25, -0.2) is 4.79 Å². The molecule has 132 valence electrons. The molecule has 2 aromatic rings. The summed E-state index contributed by atoms with van der Waals surface area (Å²) in [6.45, 7) is 3.41. The molecule has 4 rings (SSSR count). The zero-order chi connectivity index (χ0) is 17.4. The van der Waals surface area contributed by atoms with E-state index in [0.29, 0.717) is 24.8 Å². The summed E-state index contributed by atoms with van der Waals surface area (Å²) in [5, 5.41) is 13.5.